The van der Waals surface area contributed by atoms with Crippen molar-refractivity contribution in [2.75, 3.05) is 44.6 Å². The van der Waals surface area contributed by atoms with Gasteiger partial charge in [-0.25, -0.2) is 0 Å². The lowest BCUT2D eigenvalue weighted by Gasteiger charge is -2.21. The Balaban J connectivity index is 1.78. The lowest BCUT2D eigenvalue weighted by molar-refractivity contribution is -0.111. The summed E-state index contributed by atoms with van der Waals surface area (Å²) in [6.07, 6.45) is 5.56. The van der Waals surface area contributed by atoms with Crippen LogP contribution in [0.2, 0.25) is 0 Å². The first-order valence-electron chi connectivity index (χ1n) is 9.29. The second kappa shape index (κ2) is 9.17. The van der Waals surface area contributed by atoms with E-state index >= 15 is 0 Å². The number of hydrogen-bond acceptors (Lipinski definition) is 5. The zero-order valence-corrected chi connectivity index (χ0v) is 16.5. The predicted octanol–water partition coefficient (Wildman–Crippen LogP) is 3.96. The molecule has 0 unspecified atom stereocenters. The highest BCUT2D eigenvalue weighted by atomic mass is 16.5. The molecule has 1 aliphatic rings. The molecule has 148 valence electrons. The molecule has 0 radical (unpaired) electrons. The van der Waals surface area contributed by atoms with Crippen LogP contribution in [0, 0.1) is 0 Å². The number of benzene rings is 2. The van der Waals surface area contributed by atoms with E-state index in [1.807, 2.05) is 24.3 Å². The highest BCUT2D eigenvalue weighted by molar-refractivity contribution is 6.04. The van der Waals surface area contributed by atoms with E-state index in [-0.39, 0.29) is 5.91 Å². The molecular weight excluding hydrogens is 356 g/mol. The fraction of sp³-hybridized carbons (Fsp3) is 0.318. The summed E-state index contributed by atoms with van der Waals surface area (Å²) >= 11 is 0. The maximum absolute atomic E-state index is 12.5. The third-order valence-electron chi connectivity index (χ3n) is 4.76. The Hall–Kier alpha value is -3.15. The van der Waals surface area contributed by atoms with Crippen molar-refractivity contribution in [2.45, 2.75) is 12.8 Å². The maximum atomic E-state index is 12.5. The monoisotopic (exact) mass is 382 g/mol. The molecule has 0 aliphatic carbocycles. The largest absolute Gasteiger partial charge is 0.496 e. The highest BCUT2D eigenvalue weighted by Gasteiger charge is 2.16. The average Bonchev–Trinajstić information content (AvgIpc) is 3.26. The van der Waals surface area contributed by atoms with Crippen molar-refractivity contribution in [1.82, 2.24) is 0 Å². The Morgan fingerprint density at radius 3 is 2.29 bits per heavy atom. The number of rotatable bonds is 7. The van der Waals surface area contributed by atoms with E-state index < -0.39 is 0 Å². The Morgan fingerprint density at radius 1 is 0.964 bits per heavy atom. The van der Waals surface area contributed by atoms with Gasteiger partial charge in [0, 0.05) is 30.8 Å². The van der Waals surface area contributed by atoms with Crippen LogP contribution in [0.4, 0.5) is 11.4 Å². The number of hydrogen-bond donors (Lipinski definition) is 1. The van der Waals surface area contributed by atoms with Crippen LogP contribution in [0.15, 0.2) is 42.5 Å². The number of ether oxygens (including phenoxy) is 3. The van der Waals surface area contributed by atoms with Crippen molar-refractivity contribution in [2.24, 2.45) is 0 Å². The normalized spacial score (nSPS) is 13.6. The van der Waals surface area contributed by atoms with E-state index in [0.29, 0.717) is 17.2 Å². The van der Waals surface area contributed by atoms with Crippen molar-refractivity contribution in [3.63, 3.8) is 0 Å². The third kappa shape index (κ3) is 4.39. The summed E-state index contributed by atoms with van der Waals surface area (Å²) in [5, 5.41) is 2.98. The minimum atomic E-state index is -0.205. The molecule has 2 aromatic carbocycles. The van der Waals surface area contributed by atoms with Gasteiger partial charge in [-0.1, -0.05) is 12.1 Å². The van der Waals surface area contributed by atoms with Gasteiger partial charge in [0.05, 0.1) is 32.7 Å². The molecule has 1 heterocycles. The van der Waals surface area contributed by atoms with E-state index in [4.69, 9.17) is 14.2 Å². The van der Waals surface area contributed by atoms with Crippen LogP contribution < -0.4 is 24.4 Å². The Bertz CT molecular complexity index is 858. The molecule has 28 heavy (non-hydrogen) atoms. The van der Waals surface area contributed by atoms with Crippen molar-refractivity contribution in [1.29, 1.82) is 0 Å². The molecule has 3 rings (SSSR count). The number of para-hydroxylation sites is 2. The van der Waals surface area contributed by atoms with Crippen molar-refractivity contribution in [3.8, 4) is 17.2 Å². The molecule has 0 saturated carbocycles. The molecule has 0 atom stereocenters. The summed E-state index contributed by atoms with van der Waals surface area (Å²) in [7, 11) is 4.71. The molecule has 6 nitrogen and oxygen atoms in total. The van der Waals surface area contributed by atoms with Crippen LogP contribution in [0.3, 0.4) is 0 Å². The summed E-state index contributed by atoms with van der Waals surface area (Å²) < 4.78 is 16.0. The van der Waals surface area contributed by atoms with Crippen LogP contribution in [-0.2, 0) is 4.79 Å². The van der Waals surface area contributed by atoms with Gasteiger partial charge in [0.1, 0.15) is 5.75 Å². The van der Waals surface area contributed by atoms with Crippen LogP contribution in [0.1, 0.15) is 18.4 Å². The topological polar surface area (TPSA) is 60.0 Å². The number of carbonyl (C=O) groups excluding carboxylic acids is 1. The molecule has 1 N–H and O–H groups in total. The predicted molar refractivity (Wildman–Crippen MR) is 112 cm³/mol. The lowest BCUT2D eigenvalue weighted by atomic mass is 10.1. The molecule has 0 bridgehead atoms. The zero-order chi connectivity index (χ0) is 19.9. The summed E-state index contributed by atoms with van der Waals surface area (Å²) in [4.78, 5) is 14.8. The van der Waals surface area contributed by atoms with Crippen LogP contribution in [0.5, 0.6) is 17.2 Å². The van der Waals surface area contributed by atoms with Gasteiger partial charge in [0.2, 0.25) is 5.91 Å². The minimum Gasteiger partial charge on any atom is -0.496 e. The average molecular weight is 382 g/mol. The van der Waals surface area contributed by atoms with Crippen molar-refractivity contribution < 1.29 is 19.0 Å². The van der Waals surface area contributed by atoms with Gasteiger partial charge in [-0.3, -0.25) is 4.79 Å². The molecule has 6 heteroatoms. The molecule has 1 saturated heterocycles. The summed E-state index contributed by atoms with van der Waals surface area (Å²) in [6.45, 7) is 2.04. The smallest absolute Gasteiger partial charge is 0.248 e. The van der Waals surface area contributed by atoms with Gasteiger partial charge >= 0.3 is 0 Å². The Labute approximate surface area is 165 Å². The van der Waals surface area contributed by atoms with Gasteiger partial charge in [-0.15, -0.1) is 0 Å². The molecule has 2 aromatic rings. The lowest BCUT2D eigenvalue weighted by Crippen LogP contribution is -2.20. The molecular formula is C22H26N2O4. The number of nitrogens with zero attached hydrogens (tertiary/aromatic N) is 1. The van der Waals surface area contributed by atoms with E-state index in [9.17, 15) is 4.79 Å². The van der Waals surface area contributed by atoms with Crippen LogP contribution in [0.25, 0.3) is 6.08 Å². The molecule has 1 amide bonds. The van der Waals surface area contributed by atoms with E-state index in [1.165, 1.54) is 18.9 Å². The van der Waals surface area contributed by atoms with Crippen molar-refractivity contribution in [3.05, 3.63) is 48.0 Å². The zero-order valence-electron chi connectivity index (χ0n) is 16.5. The van der Waals surface area contributed by atoms with Gasteiger partial charge in [-0.05, 0) is 37.1 Å². The van der Waals surface area contributed by atoms with Crippen LogP contribution in [-0.4, -0.2) is 40.3 Å². The molecule has 1 aliphatic heterocycles. The molecule has 0 spiro atoms. The maximum Gasteiger partial charge on any atom is 0.248 e. The quantitative estimate of drug-likeness (QED) is 0.735. The number of carbonyl (C=O) groups is 1. The first-order chi connectivity index (χ1) is 13.7. The van der Waals surface area contributed by atoms with Gasteiger partial charge in [0.15, 0.2) is 11.5 Å². The van der Waals surface area contributed by atoms with Gasteiger partial charge in [0.25, 0.3) is 0 Å². The number of nitrogens with one attached hydrogen (secondary N) is 1. The summed E-state index contributed by atoms with van der Waals surface area (Å²) in [5.74, 6) is 1.53. The van der Waals surface area contributed by atoms with Crippen LogP contribution >= 0.6 is 0 Å². The van der Waals surface area contributed by atoms with Gasteiger partial charge < -0.3 is 24.4 Å². The minimum absolute atomic E-state index is 0.205. The fourth-order valence-corrected chi connectivity index (χ4v) is 3.34. The summed E-state index contributed by atoms with van der Waals surface area (Å²) in [6, 6.07) is 11.4. The van der Waals surface area contributed by atoms with E-state index in [1.54, 1.807) is 39.5 Å². The van der Waals surface area contributed by atoms with E-state index in [0.717, 1.165) is 30.0 Å². The number of amides is 1. The molecule has 1 fully saturated rings. The second-order valence-electron chi connectivity index (χ2n) is 6.48. The Kier molecular flexibility index (Phi) is 6.42. The first-order valence-corrected chi connectivity index (χ1v) is 9.29. The number of anilines is 2. The number of methoxy groups -OCH3 is 3. The summed E-state index contributed by atoms with van der Waals surface area (Å²) in [5.41, 5.74) is 2.60. The standard InChI is InChI=1S/C22H26N2O4/c1-26-19-15-21(28-3)20(27-2)14-16(19)10-11-22(25)23-17-8-4-5-9-18(17)24-12-6-7-13-24/h4-5,8-11,14-15H,6-7,12-13H2,1-3H3,(H,23,25)/b11-10+. The first kappa shape index (κ1) is 19.6. The van der Waals surface area contributed by atoms with Crippen molar-refractivity contribution >= 4 is 23.4 Å². The van der Waals surface area contributed by atoms with Gasteiger partial charge in [-0.2, -0.15) is 0 Å². The molecule has 0 aromatic heterocycles. The third-order valence-corrected chi connectivity index (χ3v) is 4.76. The second-order valence-corrected chi connectivity index (χ2v) is 6.48. The van der Waals surface area contributed by atoms with E-state index in [2.05, 4.69) is 10.2 Å². The Morgan fingerprint density at radius 2 is 1.61 bits per heavy atom. The highest BCUT2D eigenvalue weighted by Crippen LogP contribution is 2.35. The fourth-order valence-electron chi connectivity index (χ4n) is 3.34. The SMILES string of the molecule is COc1cc(OC)c(OC)cc1/C=C/C(=O)Nc1ccccc1N1CCCC1.